The molecule has 1 heterocycles. The number of unbranched alkanes of at least 4 members (excludes halogenated alkanes) is 18. The molecule has 3 rings (SSSR count). The molecule has 2 aromatic carbocycles. The first-order chi connectivity index (χ1) is 20.0. The number of nitrogens with one attached hydrogen (secondary N) is 1. The van der Waals surface area contributed by atoms with Gasteiger partial charge in [-0.3, -0.25) is 0 Å². The van der Waals surface area contributed by atoms with Crippen molar-refractivity contribution in [3.05, 3.63) is 54.1 Å². The van der Waals surface area contributed by atoms with Gasteiger partial charge in [-0.1, -0.05) is 153 Å². The van der Waals surface area contributed by atoms with Crippen molar-refractivity contribution < 1.29 is 64.4 Å². The van der Waals surface area contributed by atoms with Crippen LogP contribution < -0.4 is 61.6 Å². The van der Waals surface area contributed by atoms with Crippen molar-refractivity contribution in [3.63, 3.8) is 0 Å². The molecule has 0 spiro atoms. The van der Waals surface area contributed by atoms with Gasteiger partial charge in [0.2, 0.25) is 0 Å². The molecular formula is C35H55KN2O3S. The third-order valence-electron chi connectivity index (χ3n) is 8.54. The van der Waals surface area contributed by atoms with Crippen LogP contribution in [-0.2, 0) is 16.7 Å². The standard InChI is InChI=1S/C35H56N2O3S.K/c1-2-3-4-5-6-7-8-9-10-11-12-13-14-15-16-17-18-19-23-26-35-36-33-29-32(41(38,39)40)27-28-34(33)37(35)30-31-24-21-20-22-25-31;/h20-22,24-25,27-29,35-36H,2-19,23,26,30H2,1H3,(H,38,39,40);/q;+1/p-1. The number of hydrogen-bond acceptors (Lipinski definition) is 5. The summed E-state index contributed by atoms with van der Waals surface area (Å²) in [5.41, 5.74) is 2.91. The molecule has 1 aliphatic rings. The molecule has 1 N–H and O–H groups in total. The van der Waals surface area contributed by atoms with Crippen molar-refractivity contribution >= 4 is 21.5 Å². The zero-order valence-electron chi connectivity index (χ0n) is 26.6. The maximum Gasteiger partial charge on any atom is 1.00 e. The molecule has 0 saturated heterocycles. The average molecular weight is 623 g/mol. The van der Waals surface area contributed by atoms with Crippen LogP contribution >= 0.6 is 0 Å². The maximum atomic E-state index is 11.6. The van der Waals surface area contributed by atoms with Gasteiger partial charge in [0.05, 0.1) is 22.4 Å². The van der Waals surface area contributed by atoms with Crippen molar-refractivity contribution in [2.24, 2.45) is 0 Å². The van der Waals surface area contributed by atoms with Crippen LogP contribution in [0.4, 0.5) is 11.4 Å². The van der Waals surface area contributed by atoms with Crippen LogP contribution in [0, 0.1) is 0 Å². The van der Waals surface area contributed by atoms with Crippen molar-refractivity contribution in [3.8, 4) is 0 Å². The molecule has 230 valence electrons. The summed E-state index contributed by atoms with van der Waals surface area (Å²) in [5.74, 6) is 0. The summed E-state index contributed by atoms with van der Waals surface area (Å²) in [6, 6.07) is 15.0. The van der Waals surface area contributed by atoms with E-state index >= 15 is 0 Å². The molecule has 1 atom stereocenters. The van der Waals surface area contributed by atoms with E-state index in [4.69, 9.17) is 0 Å². The Bertz CT molecular complexity index is 1080. The molecule has 0 radical (unpaired) electrons. The van der Waals surface area contributed by atoms with Crippen LogP contribution in [0.5, 0.6) is 0 Å². The molecule has 42 heavy (non-hydrogen) atoms. The Morgan fingerprint density at radius 2 is 1.17 bits per heavy atom. The third kappa shape index (κ3) is 14.6. The second-order valence-electron chi connectivity index (χ2n) is 12.1. The fourth-order valence-electron chi connectivity index (χ4n) is 6.08. The SMILES string of the molecule is CCCCCCCCCCCCCCCCCCCCCC1Nc2cc(S(=O)(=O)[O-])ccc2N1Cc1ccccc1.[K+]. The number of hydrogen-bond donors (Lipinski definition) is 1. The first-order valence-corrected chi connectivity index (χ1v) is 18.1. The first kappa shape index (κ1) is 37.8. The van der Waals surface area contributed by atoms with Crippen LogP contribution in [-0.4, -0.2) is 19.1 Å². The van der Waals surface area contributed by atoms with Crippen LogP contribution in [0.3, 0.4) is 0 Å². The van der Waals surface area contributed by atoms with E-state index in [2.05, 4.69) is 29.3 Å². The van der Waals surface area contributed by atoms with Crippen LogP contribution in [0.25, 0.3) is 0 Å². The van der Waals surface area contributed by atoms with Gasteiger partial charge in [-0.25, -0.2) is 8.42 Å². The molecule has 0 amide bonds. The number of nitrogens with zero attached hydrogens (tertiary/aromatic N) is 1. The van der Waals surface area contributed by atoms with Crippen molar-refractivity contribution in [2.75, 3.05) is 10.2 Å². The Balaban J connectivity index is 0.00000616. The molecule has 0 saturated carbocycles. The Hall–Kier alpha value is -0.414. The largest absolute Gasteiger partial charge is 1.00 e. The molecule has 0 bridgehead atoms. The number of anilines is 2. The monoisotopic (exact) mass is 622 g/mol. The van der Waals surface area contributed by atoms with Crippen LogP contribution in [0.1, 0.15) is 141 Å². The number of fused-ring (bicyclic) bond motifs is 1. The average Bonchev–Trinajstić information content (AvgIpc) is 3.30. The van der Waals surface area contributed by atoms with Crippen LogP contribution in [0.15, 0.2) is 53.4 Å². The summed E-state index contributed by atoms with van der Waals surface area (Å²) >= 11 is 0. The van der Waals surface area contributed by atoms with Gasteiger partial charge in [-0.15, -0.1) is 0 Å². The number of benzene rings is 2. The molecule has 0 aromatic heterocycles. The molecule has 5 nitrogen and oxygen atoms in total. The smallest absolute Gasteiger partial charge is 0.744 e. The molecule has 0 fully saturated rings. The van der Waals surface area contributed by atoms with E-state index in [9.17, 15) is 13.0 Å². The van der Waals surface area contributed by atoms with E-state index in [1.165, 1.54) is 133 Å². The van der Waals surface area contributed by atoms with E-state index in [1.807, 2.05) is 18.2 Å². The minimum absolute atomic E-state index is 0. The van der Waals surface area contributed by atoms with Gasteiger partial charge < -0.3 is 14.8 Å². The van der Waals surface area contributed by atoms with Gasteiger partial charge in [0.1, 0.15) is 10.1 Å². The van der Waals surface area contributed by atoms with Gasteiger partial charge in [-0.05, 0) is 36.6 Å². The van der Waals surface area contributed by atoms with E-state index in [1.54, 1.807) is 6.07 Å². The fraction of sp³-hybridized carbons (Fsp3) is 0.657. The van der Waals surface area contributed by atoms with E-state index < -0.39 is 10.1 Å². The molecule has 0 aliphatic carbocycles. The van der Waals surface area contributed by atoms with E-state index in [0.29, 0.717) is 0 Å². The summed E-state index contributed by atoms with van der Waals surface area (Å²) in [5, 5.41) is 3.50. The quantitative estimate of drug-likeness (QED) is 0.0808. The van der Waals surface area contributed by atoms with E-state index in [-0.39, 0.29) is 62.4 Å². The Morgan fingerprint density at radius 3 is 1.64 bits per heavy atom. The van der Waals surface area contributed by atoms with Gasteiger partial charge >= 0.3 is 51.4 Å². The Kier molecular flexibility index (Phi) is 19.9. The van der Waals surface area contributed by atoms with Gasteiger partial charge in [0.15, 0.2) is 0 Å². The molecular weight excluding hydrogens is 568 g/mol. The maximum absolute atomic E-state index is 11.6. The van der Waals surface area contributed by atoms with Gasteiger partial charge in [0, 0.05) is 6.54 Å². The summed E-state index contributed by atoms with van der Waals surface area (Å²) in [7, 11) is -4.47. The summed E-state index contributed by atoms with van der Waals surface area (Å²) in [4.78, 5) is 2.13. The summed E-state index contributed by atoms with van der Waals surface area (Å²) < 4.78 is 34.7. The van der Waals surface area contributed by atoms with E-state index in [0.717, 1.165) is 30.8 Å². The topological polar surface area (TPSA) is 72.5 Å². The fourth-order valence-corrected chi connectivity index (χ4v) is 6.58. The number of rotatable bonds is 23. The normalized spacial score (nSPS) is 14.4. The Morgan fingerprint density at radius 1 is 0.690 bits per heavy atom. The van der Waals surface area contributed by atoms with Crippen molar-refractivity contribution in [1.82, 2.24) is 0 Å². The molecule has 2 aromatic rings. The van der Waals surface area contributed by atoms with Crippen LogP contribution in [0.2, 0.25) is 0 Å². The summed E-state index contributed by atoms with van der Waals surface area (Å²) in [6.45, 7) is 3.03. The molecule has 7 heteroatoms. The third-order valence-corrected chi connectivity index (χ3v) is 9.37. The first-order valence-electron chi connectivity index (χ1n) is 16.7. The predicted molar refractivity (Wildman–Crippen MR) is 172 cm³/mol. The van der Waals surface area contributed by atoms with Gasteiger partial charge in [-0.2, -0.15) is 0 Å². The van der Waals surface area contributed by atoms with Crippen molar-refractivity contribution in [2.45, 2.75) is 153 Å². The minimum atomic E-state index is -4.47. The Labute approximate surface area is 300 Å². The molecule has 1 unspecified atom stereocenters. The second kappa shape index (κ2) is 22.1. The minimum Gasteiger partial charge on any atom is -0.744 e. The van der Waals surface area contributed by atoms with Crippen molar-refractivity contribution in [1.29, 1.82) is 0 Å². The zero-order chi connectivity index (χ0) is 29.2. The predicted octanol–water partition coefficient (Wildman–Crippen LogP) is 7.17. The summed E-state index contributed by atoms with van der Waals surface area (Å²) in [6.07, 6.45) is 27.2. The van der Waals surface area contributed by atoms with Gasteiger partial charge in [0.25, 0.3) is 0 Å². The molecule has 1 aliphatic heterocycles. The zero-order valence-corrected chi connectivity index (χ0v) is 30.6. The second-order valence-corrected chi connectivity index (χ2v) is 13.4.